The fourth-order valence-corrected chi connectivity index (χ4v) is 5.67. The Morgan fingerprint density at radius 1 is 1.00 bits per heavy atom. The number of alkyl halides is 6. The summed E-state index contributed by atoms with van der Waals surface area (Å²) in [6.07, 6.45) is -8.71. The molecule has 4 heterocycles. The zero-order chi connectivity index (χ0) is 29.4. The van der Waals surface area contributed by atoms with Gasteiger partial charge < -0.3 is 10.2 Å². The number of nitriles is 1. The molecule has 41 heavy (non-hydrogen) atoms. The predicted molar refractivity (Wildman–Crippen MR) is 128 cm³/mol. The first-order valence-electron chi connectivity index (χ1n) is 12.7. The molecule has 0 radical (unpaired) electrons. The number of benzene rings is 1. The molecule has 15 heteroatoms. The zero-order valence-electron chi connectivity index (χ0n) is 21.2. The van der Waals surface area contributed by atoms with E-state index in [-0.39, 0.29) is 23.7 Å². The van der Waals surface area contributed by atoms with Gasteiger partial charge in [-0.25, -0.2) is 9.37 Å². The van der Waals surface area contributed by atoms with Crippen LogP contribution in [0, 0.1) is 28.0 Å². The second kappa shape index (κ2) is 9.04. The maximum atomic E-state index is 13.7. The van der Waals surface area contributed by atoms with E-state index < -0.39 is 46.7 Å². The van der Waals surface area contributed by atoms with Crippen molar-refractivity contribution in [1.82, 2.24) is 24.4 Å². The zero-order valence-corrected chi connectivity index (χ0v) is 21.2. The van der Waals surface area contributed by atoms with Crippen molar-refractivity contribution in [3.05, 3.63) is 59.2 Å². The van der Waals surface area contributed by atoms with Crippen LogP contribution in [0.25, 0.3) is 5.65 Å². The highest BCUT2D eigenvalue weighted by atomic mass is 19.4. The number of anilines is 1. The molecule has 3 aromatic rings. The van der Waals surface area contributed by atoms with E-state index in [9.17, 15) is 40.8 Å². The van der Waals surface area contributed by atoms with Gasteiger partial charge in [-0.15, -0.1) is 0 Å². The van der Waals surface area contributed by atoms with Crippen molar-refractivity contribution in [2.24, 2.45) is 10.8 Å². The van der Waals surface area contributed by atoms with Crippen molar-refractivity contribution in [3.8, 4) is 6.07 Å². The second-order valence-corrected chi connectivity index (χ2v) is 11.0. The van der Waals surface area contributed by atoms with Gasteiger partial charge in [-0.3, -0.25) is 9.69 Å². The molecular weight excluding hydrogens is 559 g/mol. The highest BCUT2D eigenvalue weighted by molar-refractivity contribution is 5.89. The van der Waals surface area contributed by atoms with Crippen molar-refractivity contribution in [1.29, 1.82) is 5.26 Å². The molecule has 1 saturated carbocycles. The molecular formula is C26H22F7N7O. The topological polar surface area (TPSA) is 89.6 Å². The highest BCUT2D eigenvalue weighted by Gasteiger charge is 2.60. The molecule has 1 spiro atoms. The van der Waals surface area contributed by atoms with Crippen LogP contribution in [0.3, 0.4) is 0 Å². The SMILES string of the molecule is N#CC1(C(=O)N2CC3(C2)CN([C@H](CNc2cc(C(F)(F)F)nc4cc(C(F)(F)F)nn24)c2ccc(F)cc2)C3)CC1. The first-order valence-corrected chi connectivity index (χ1v) is 12.7. The third-order valence-corrected chi connectivity index (χ3v) is 7.97. The third-order valence-electron chi connectivity index (χ3n) is 7.97. The van der Waals surface area contributed by atoms with Crippen LogP contribution in [0.15, 0.2) is 36.4 Å². The van der Waals surface area contributed by atoms with Crippen LogP contribution in [0.2, 0.25) is 0 Å². The van der Waals surface area contributed by atoms with Crippen molar-refractivity contribution >= 4 is 17.4 Å². The molecule has 3 aliphatic rings. The van der Waals surface area contributed by atoms with Crippen LogP contribution in [0.4, 0.5) is 36.6 Å². The molecule has 8 nitrogen and oxygen atoms in total. The Balaban J connectivity index is 1.23. The van der Waals surface area contributed by atoms with Crippen LogP contribution in [0.5, 0.6) is 0 Å². The van der Waals surface area contributed by atoms with Crippen LogP contribution < -0.4 is 5.32 Å². The molecule has 2 aliphatic heterocycles. The van der Waals surface area contributed by atoms with Gasteiger partial charge in [0.15, 0.2) is 17.0 Å². The Hall–Kier alpha value is -3.93. The van der Waals surface area contributed by atoms with E-state index >= 15 is 0 Å². The summed E-state index contributed by atoms with van der Waals surface area (Å²) in [5.74, 6) is -0.991. The van der Waals surface area contributed by atoms with Gasteiger partial charge in [-0.05, 0) is 30.5 Å². The number of nitrogens with zero attached hydrogens (tertiary/aromatic N) is 6. The van der Waals surface area contributed by atoms with Crippen molar-refractivity contribution < 1.29 is 35.5 Å². The maximum Gasteiger partial charge on any atom is 0.435 e. The van der Waals surface area contributed by atoms with Gasteiger partial charge in [0, 0.05) is 50.3 Å². The average molecular weight is 581 g/mol. The molecule has 1 N–H and O–H groups in total. The average Bonchev–Trinajstić information content (AvgIpc) is 3.53. The largest absolute Gasteiger partial charge is 0.435 e. The van der Waals surface area contributed by atoms with E-state index in [2.05, 4.69) is 21.5 Å². The maximum absolute atomic E-state index is 13.7. The van der Waals surface area contributed by atoms with E-state index in [0.717, 1.165) is 0 Å². The number of hydrogen-bond donors (Lipinski definition) is 1. The van der Waals surface area contributed by atoms with E-state index in [1.54, 1.807) is 4.90 Å². The number of rotatable bonds is 6. The van der Waals surface area contributed by atoms with Crippen molar-refractivity contribution in [3.63, 3.8) is 0 Å². The minimum atomic E-state index is -4.92. The van der Waals surface area contributed by atoms with Crippen molar-refractivity contribution in [2.75, 3.05) is 38.0 Å². The lowest BCUT2D eigenvalue weighted by molar-refractivity contribution is -0.166. The molecule has 1 aromatic carbocycles. The van der Waals surface area contributed by atoms with Crippen LogP contribution in [-0.2, 0) is 17.1 Å². The number of likely N-dealkylation sites (tertiary alicyclic amines) is 2. The molecule has 2 saturated heterocycles. The normalized spacial score (nSPS) is 20.3. The van der Waals surface area contributed by atoms with Gasteiger partial charge in [0.25, 0.3) is 0 Å². The van der Waals surface area contributed by atoms with Gasteiger partial charge >= 0.3 is 12.4 Å². The molecule has 0 bridgehead atoms. The Morgan fingerprint density at radius 3 is 2.20 bits per heavy atom. The number of fused-ring (bicyclic) bond motifs is 1. The summed E-state index contributed by atoms with van der Waals surface area (Å²) in [5.41, 5.74) is -3.86. The predicted octanol–water partition coefficient (Wildman–Crippen LogP) is 4.51. The molecule has 2 aromatic heterocycles. The number of carbonyl (C=O) groups is 1. The summed E-state index contributed by atoms with van der Waals surface area (Å²) in [5, 5.41) is 15.5. The Morgan fingerprint density at radius 2 is 1.63 bits per heavy atom. The third kappa shape index (κ3) is 4.83. The summed E-state index contributed by atoms with van der Waals surface area (Å²) >= 11 is 0. The number of nitrogens with one attached hydrogen (secondary N) is 1. The van der Waals surface area contributed by atoms with E-state index in [0.29, 0.717) is 61.2 Å². The first kappa shape index (κ1) is 27.3. The molecule has 0 unspecified atom stereocenters. The number of amides is 1. The van der Waals surface area contributed by atoms with E-state index in [4.69, 9.17) is 0 Å². The first-order chi connectivity index (χ1) is 19.2. The molecule has 1 aliphatic carbocycles. The fraction of sp³-hybridized carbons (Fsp3) is 0.462. The standard InChI is InChI=1S/C26H22F7N7O/c27-16-3-1-15(2-4-16)17(38-11-23(12-38)13-39(14-23)22(41)24(10-34)5-6-24)9-35-20-7-18(25(28,29)30)36-21-8-19(26(31,32)33)37-40(20)21/h1-4,7-8,17,35H,5-6,9,11-14H2/t17-/m1/s1. The number of hydrogen-bond acceptors (Lipinski definition) is 6. The van der Waals surface area contributed by atoms with Crippen LogP contribution in [-0.4, -0.2) is 63.0 Å². The van der Waals surface area contributed by atoms with Gasteiger partial charge in [-0.2, -0.15) is 41.2 Å². The molecule has 1 atom stereocenters. The van der Waals surface area contributed by atoms with Crippen LogP contribution in [0.1, 0.15) is 35.8 Å². The number of halogens is 7. The fourth-order valence-electron chi connectivity index (χ4n) is 5.67. The lowest BCUT2D eigenvalue weighted by Gasteiger charge is -2.62. The van der Waals surface area contributed by atoms with Crippen LogP contribution >= 0.6 is 0 Å². The summed E-state index contributed by atoms with van der Waals surface area (Å²) in [6, 6.07) is 8.20. The highest BCUT2D eigenvalue weighted by Crippen LogP contribution is 2.51. The second-order valence-electron chi connectivity index (χ2n) is 11.0. The summed E-state index contributed by atoms with van der Waals surface area (Å²) in [7, 11) is 0. The summed E-state index contributed by atoms with van der Waals surface area (Å²) in [4.78, 5) is 19.6. The lowest BCUT2D eigenvalue weighted by atomic mass is 9.71. The smallest absolute Gasteiger partial charge is 0.368 e. The van der Waals surface area contributed by atoms with Gasteiger partial charge in [0.05, 0.1) is 12.1 Å². The van der Waals surface area contributed by atoms with Gasteiger partial charge in [-0.1, -0.05) is 12.1 Å². The Kier molecular flexibility index (Phi) is 6.01. The van der Waals surface area contributed by atoms with E-state index in [1.165, 1.54) is 24.3 Å². The Bertz CT molecular complexity index is 1540. The van der Waals surface area contributed by atoms with Gasteiger partial charge in [0.2, 0.25) is 5.91 Å². The summed E-state index contributed by atoms with van der Waals surface area (Å²) in [6.45, 7) is 1.96. The monoisotopic (exact) mass is 581 g/mol. The lowest BCUT2D eigenvalue weighted by Crippen LogP contribution is -2.73. The Labute approximate surface area is 228 Å². The minimum Gasteiger partial charge on any atom is -0.368 e. The minimum absolute atomic E-state index is 0.0421. The van der Waals surface area contributed by atoms with E-state index in [1.807, 2.05) is 4.90 Å². The number of carbonyl (C=O) groups excluding carboxylic acids is 1. The van der Waals surface area contributed by atoms with Crippen molar-refractivity contribution in [2.45, 2.75) is 31.2 Å². The molecule has 6 rings (SSSR count). The quantitative estimate of drug-likeness (QED) is 0.431. The molecule has 216 valence electrons. The molecule has 1 amide bonds. The summed E-state index contributed by atoms with van der Waals surface area (Å²) < 4.78 is 94.7. The van der Waals surface area contributed by atoms with Gasteiger partial charge in [0.1, 0.15) is 17.1 Å². The molecule has 3 fully saturated rings. The number of aromatic nitrogens is 3.